The van der Waals surface area contributed by atoms with Crippen molar-refractivity contribution < 1.29 is 4.79 Å². The van der Waals surface area contributed by atoms with Crippen LogP contribution in [0.3, 0.4) is 0 Å². The fraction of sp³-hybridized carbons (Fsp3) is 0.393. The average molecular weight is 417 g/mol. The van der Waals surface area contributed by atoms with Gasteiger partial charge in [-0.15, -0.1) is 0 Å². The maximum absolute atomic E-state index is 13.3. The molecule has 2 aromatic carbocycles. The monoisotopic (exact) mass is 416 g/mol. The zero-order valence-corrected chi connectivity index (χ0v) is 19.3. The second-order valence-electron chi connectivity index (χ2n) is 8.50. The van der Waals surface area contributed by atoms with E-state index in [2.05, 4.69) is 80.1 Å². The SMILES string of the molecule is CCCCc1ccc(C(=O)N(CCCC)Cc2cccn2Cc2cccc(C)c2)cc1. The van der Waals surface area contributed by atoms with Crippen LogP contribution in [0.1, 0.15) is 72.3 Å². The lowest BCUT2D eigenvalue weighted by molar-refractivity contribution is 0.0737. The Balaban J connectivity index is 1.74. The Hall–Kier alpha value is -2.81. The molecule has 3 nitrogen and oxygen atoms in total. The zero-order valence-electron chi connectivity index (χ0n) is 19.3. The third-order valence-corrected chi connectivity index (χ3v) is 5.80. The second kappa shape index (κ2) is 11.5. The van der Waals surface area contributed by atoms with Crippen molar-refractivity contribution in [1.82, 2.24) is 9.47 Å². The first-order valence-electron chi connectivity index (χ1n) is 11.7. The number of unbranched alkanes of at least 4 members (excludes halogenated alkanes) is 2. The highest BCUT2D eigenvalue weighted by Gasteiger charge is 2.17. The quantitative estimate of drug-likeness (QED) is 0.344. The van der Waals surface area contributed by atoms with Crippen LogP contribution in [0.25, 0.3) is 0 Å². The molecule has 0 fully saturated rings. The van der Waals surface area contributed by atoms with Gasteiger partial charge in [0.25, 0.3) is 5.91 Å². The first-order chi connectivity index (χ1) is 15.1. The van der Waals surface area contributed by atoms with Gasteiger partial charge in [-0.25, -0.2) is 0 Å². The van der Waals surface area contributed by atoms with Crippen LogP contribution in [0.4, 0.5) is 0 Å². The number of carbonyl (C=O) groups is 1. The van der Waals surface area contributed by atoms with Crippen LogP contribution in [0.15, 0.2) is 66.9 Å². The molecule has 1 aromatic heterocycles. The molecule has 0 atom stereocenters. The second-order valence-corrected chi connectivity index (χ2v) is 8.50. The lowest BCUT2D eigenvalue weighted by Gasteiger charge is -2.24. The third-order valence-electron chi connectivity index (χ3n) is 5.80. The minimum Gasteiger partial charge on any atom is -0.345 e. The van der Waals surface area contributed by atoms with E-state index >= 15 is 0 Å². The van der Waals surface area contributed by atoms with Gasteiger partial charge < -0.3 is 9.47 Å². The molecule has 164 valence electrons. The summed E-state index contributed by atoms with van der Waals surface area (Å²) in [4.78, 5) is 15.3. The molecular weight excluding hydrogens is 380 g/mol. The molecule has 3 rings (SSSR count). The summed E-state index contributed by atoms with van der Waals surface area (Å²) < 4.78 is 2.26. The summed E-state index contributed by atoms with van der Waals surface area (Å²) in [5.41, 5.74) is 5.82. The van der Waals surface area contributed by atoms with Gasteiger partial charge in [-0.3, -0.25) is 4.79 Å². The maximum atomic E-state index is 13.3. The van der Waals surface area contributed by atoms with Crippen LogP contribution in [0, 0.1) is 6.92 Å². The standard InChI is InChI=1S/C28H36N2O/c1-4-6-11-24-14-16-26(17-15-24)28(31)30(18-7-5-2)22-27-13-9-19-29(27)21-25-12-8-10-23(3)20-25/h8-10,12-17,19-20H,4-7,11,18,21-22H2,1-3H3. The molecule has 0 bridgehead atoms. The number of aryl methyl sites for hydroxylation is 2. The van der Waals surface area contributed by atoms with Gasteiger partial charge >= 0.3 is 0 Å². The van der Waals surface area contributed by atoms with Crippen molar-refractivity contribution >= 4 is 5.91 Å². The molecule has 31 heavy (non-hydrogen) atoms. The van der Waals surface area contributed by atoms with Gasteiger partial charge in [0.15, 0.2) is 0 Å². The van der Waals surface area contributed by atoms with E-state index < -0.39 is 0 Å². The van der Waals surface area contributed by atoms with E-state index in [1.807, 2.05) is 17.0 Å². The van der Waals surface area contributed by atoms with Gasteiger partial charge in [-0.05, 0) is 61.6 Å². The molecule has 0 spiro atoms. The van der Waals surface area contributed by atoms with E-state index in [1.165, 1.54) is 35.2 Å². The summed E-state index contributed by atoms with van der Waals surface area (Å²) in [6.45, 7) is 8.74. The third kappa shape index (κ3) is 6.58. The number of benzene rings is 2. The molecule has 3 aromatic rings. The first kappa shape index (κ1) is 22.9. The number of nitrogens with zero attached hydrogens (tertiary/aromatic N) is 2. The fourth-order valence-electron chi connectivity index (χ4n) is 3.93. The van der Waals surface area contributed by atoms with Gasteiger partial charge in [0, 0.05) is 30.5 Å². The molecule has 0 aliphatic rings. The molecule has 0 radical (unpaired) electrons. The number of hydrogen-bond donors (Lipinski definition) is 0. The summed E-state index contributed by atoms with van der Waals surface area (Å²) in [6, 6.07) is 21.1. The van der Waals surface area contributed by atoms with Gasteiger partial charge in [-0.1, -0.05) is 68.7 Å². The van der Waals surface area contributed by atoms with Crippen molar-refractivity contribution in [3.8, 4) is 0 Å². The molecule has 0 saturated carbocycles. The summed E-state index contributed by atoms with van der Waals surface area (Å²) in [6.07, 6.45) is 7.66. The summed E-state index contributed by atoms with van der Waals surface area (Å²) in [5, 5.41) is 0. The van der Waals surface area contributed by atoms with E-state index in [0.29, 0.717) is 6.54 Å². The number of amides is 1. The Kier molecular flexibility index (Phi) is 8.52. The largest absolute Gasteiger partial charge is 0.345 e. The molecule has 0 saturated heterocycles. The minimum atomic E-state index is 0.124. The molecular formula is C28H36N2O. The normalized spacial score (nSPS) is 10.9. The Morgan fingerprint density at radius 3 is 2.39 bits per heavy atom. The van der Waals surface area contributed by atoms with E-state index in [-0.39, 0.29) is 5.91 Å². The number of rotatable bonds is 11. The van der Waals surface area contributed by atoms with Crippen LogP contribution < -0.4 is 0 Å². The molecule has 1 amide bonds. The van der Waals surface area contributed by atoms with Gasteiger partial charge in [-0.2, -0.15) is 0 Å². The van der Waals surface area contributed by atoms with E-state index in [4.69, 9.17) is 0 Å². The molecule has 0 aliphatic heterocycles. The summed E-state index contributed by atoms with van der Waals surface area (Å²) >= 11 is 0. The molecule has 0 unspecified atom stereocenters. The smallest absolute Gasteiger partial charge is 0.254 e. The van der Waals surface area contributed by atoms with Crippen LogP contribution in [-0.2, 0) is 19.5 Å². The van der Waals surface area contributed by atoms with E-state index in [0.717, 1.165) is 37.9 Å². The van der Waals surface area contributed by atoms with E-state index in [9.17, 15) is 4.79 Å². The number of carbonyl (C=O) groups excluding carboxylic acids is 1. The lowest BCUT2D eigenvalue weighted by atomic mass is 10.1. The van der Waals surface area contributed by atoms with Crippen molar-refractivity contribution in [2.24, 2.45) is 0 Å². The predicted molar refractivity (Wildman–Crippen MR) is 129 cm³/mol. The Bertz CT molecular complexity index is 955. The highest BCUT2D eigenvalue weighted by molar-refractivity contribution is 5.94. The highest BCUT2D eigenvalue weighted by atomic mass is 16.2. The molecule has 0 aliphatic carbocycles. The molecule has 1 heterocycles. The zero-order chi connectivity index (χ0) is 22.1. The Labute approximate surface area is 187 Å². The topological polar surface area (TPSA) is 25.2 Å². The molecule has 0 N–H and O–H groups in total. The van der Waals surface area contributed by atoms with Crippen LogP contribution in [0.5, 0.6) is 0 Å². The maximum Gasteiger partial charge on any atom is 0.254 e. The summed E-state index contributed by atoms with van der Waals surface area (Å²) in [7, 11) is 0. The Morgan fingerprint density at radius 1 is 0.903 bits per heavy atom. The van der Waals surface area contributed by atoms with Crippen LogP contribution >= 0.6 is 0 Å². The van der Waals surface area contributed by atoms with Crippen LogP contribution in [-0.4, -0.2) is 21.9 Å². The van der Waals surface area contributed by atoms with Crippen molar-refractivity contribution in [3.63, 3.8) is 0 Å². The van der Waals surface area contributed by atoms with Crippen molar-refractivity contribution in [3.05, 3.63) is 94.8 Å². The predicted octanol–water partition coefficient (Wildman–Crippen LogP) is 6.63. The lowest BCUT2D eigenvalue weighted by Crippen LogP contribution is -2.32. The van der Waals surface area contributed by atoms with Crippen molar-refractivity contribution in [2.45, 2.75) is 66.0 Å². The van der Waals surface area contributed by atoms with Crippen molar-refractivity contribution in [1.29, 1.82) is 0 Å². The molecule has 3 heteroatoms. The van der Waals surface area contributed by atoms with Gasteiger partial charge in [0.2, 0.25) is 0 Å². The highest BCUT2D eigenvalue weighted by Crippen LogP contribution is 2.16. The summed E-state index contributed by atoms with van der Waals surface area (Å²) in [5.74, 6) is 0.124. The first-order valence-corrected chi connectivity index (χ1v) is 11.7. The minimum absolute atomic E-state index is 0.124. The Morgan fingerprint density at radius 2 is 1.68 bits per heavy atom. The van der Waals surface area contributed by atoms with Gasteiger partial charge in [0.05, 0.1) is 6.54 Å². The van der Waals surface area contributed by atoms with Crippen molar-refractivity contribution in [2.75, 3.05) is 6.54 Å². The van der Waals surface area contributed by atoms with Gasteiger partial charge in [0.1, 0.15) is 0 Å². The fourth-order valence-corrected chi connectivity index (χ4v) is 3.93. The van der Waals surface area contributed by atoms with Crippen LogP contribution in [0.2, 0.25) is 0 Å². The average Bonchev–Trinajstić information content (AvgIpc) is 3.21. The number of aromatic nitrogens is 1. The van der Waals surface area contributed by atoms with E-state index in [1.54, 1.807) is 0 Å². The number of hydrogen-bond acceptors (Lipinski definition) is 1.